The lowest BCUT2D eigenvalue weighted by Crippen LogP contribution is -2.22. The number of H-pyrrole nitrogens is 1. The van der Waals surface area contributed by atoms with Crippen molar-refractivity contribution in [3.05, 3.63) is 94.1 Å². The van der Waals surface area contributed by atoms with Gasteiger partial charge in [-0.05, 0) is 41.5 Å². The molecule has 3 N–H and O–H groups in total. The highest BCUT2D eigenvalue weighted by atomic mass is 35.5. The largest absolute Gasteiger partial charge is 0.496 e. The van der Waals surface area contributed by atoms with E-state index in [2.05, 4.69) is 20.1 Å². The van der Waals surface area contributed by atoms with E-state index < -0.39 is 10.0 Å². The van der Waals surface area contributed by atoms with Gasteiger partial charge in [0, 0.05) is 18.9 Å². The normalized spacial score (nSPS) is 11.5. The number of rotatable bonds is 9. The smallest absolute Gasteiger partial charge is 0.272 e. The zero-order valence-electron chi connectivity index (χ0n) is 19.6. The number of methoxy groups -OCH3 is 1. The molecular formula is C25H22ClN5O4S2. The molecule has 190 valence electrons. The fraction of sp³-hybridized carbons (Fsp3) is 0.120. The number of carbonyl (C=O) groups excluding carboxylic acids is 1. The van der Waals surface area contributed by atoms with Crippen molar-refractivity contribution in [1.29, 1.82) is 0 Å². The third-order valence-electron chi connectivity index (χ3n) is 5.64. The molecule has 5 aromatic rings. The average Bonchev–Trinajstić information content (AvgIpc) is 3.64. The van der Waals surface area contributed by atoms with Crippen molar-refractivity contribution >= 4 is 55.6 Å². The highest BCUT2D eigenvalue weighted by Gasteiger charge is 2.23. The first-order chi connectivity index (χ1) is 17.8. The van der Waals surface area contributed by atoms with Gasteiger partial charge in [-0.2, -0.15) is 5.10 Å². The number of anilines is 1. The van der Waals surface area contributed by atoms with E-state index in [9.17, 15) is 13.2 Å². The van der Waals surface area contributed by atoms with Crippen LogP contribution in [0.4, 0.5) is 5.82 Å². The van der Waals surface area contributed by atoms with Crippen molar-refractivity contribution in [2.75, 3.05) is 11.8 Å². The van der Waals surface area contributed by atoms with Crippen molar-refractivity contribution in [1.82, 2.24) is 20.1 Å². The molecule has 0 atom stereocenters. The van der Waals surface area contributed by atoms with Gasteiger partial charge in [-0.1, -0.05) is 41.9 Å². The van der Waals surface area contributed by atoms with Gasteiger partial charge in [0.05, 0.1) is 34.5 Å². The number of aromatic nitrogens is 3. The Bertz CT molecular complexity index is 1680. The summed E-state index contributed by atoms with van der Waals surface area (Å²) in [5.41, 5.74) is 3.12. The minimum Gasteiger partial charge on any atom is -0.496 e. The molecule has 0 radical (unpaired) electrons. The number of nitrogens with one attached hydrogen (secondary N) is 3. The maximum absolute atomic E-state index is 13.0. The van der Waals surface area contributed by atoms with Gasteiger partial charge in [-0.3, -0.25) is 14.2 Å². The molecular weight excluding hydrogens is 534 g/mol. The number of hydrogen-bond acceptors (Lipinski definition) is 6. The summed E-state index contributed by atoms with van der Waals surface area (Å²) in [6, 6.07) is 17.9. The zero-order valence-corrected chi connectivity index (χ0v) is 22.0. The first-order valence-electron chi connectivity index (χ1n) is 11.1. The van der Waals surface area contributed by atoms with Crippen molar-refractivity contribution in [3.8, 4) is 5.75 Å². The molecule has 0 bridgehead atoms. The van der Waals surface area contributed by atoms with Crippen LogP contribution in [-0.4, -0.2) is 36.2 Å². The minimum absolute atomic E-state index is 0.0875. The molecule has 12 heteroatoms. The van der Waals surface area contributed by atoms with Crippen molar-refractivity contribution in [2.24, 2.45) is 0 Å². The summed E-state index contributed by atoms with van der Waals surface area (Å²) in [5.74, 6) is 0.486. The molecule has 1 amide bonds. The Morgan fingerprint density at radius 3 is 2.68 bits per heavy atom. The van der Waals surface area contributed by atoms with Crippen LogP contribution in [0.15, 0.2) is 77.3 Å². The molecule has 0 aliphatic rings. The van der Waals surface area contributed by atoms with Gasteiger partial charge < -0.3 is 15.0 Å². The fourth-order valence-electron chi connectivity index (χ4n) is 3.94. The summed E-state index contributed by atoms with van der Waals surface area (Å²) < 4.78 is 36.3. The van der Waals surface area contributed by atoms with Crippen molar-refractivity contribution in [2.45, 2.75) is 17.3 Å². The van der Waals surface area contributed by atoms with E-state index in [1.54, 1.807) is 29.2 Å². The van der Waals surface area contributed by atoms with Gasteiger partial charge >= 0.3 is 0 Å². The third kappa shape index (κ3) is 5.33. The van der Waals surface area contributed by atoms with Gasteiger partial charge in [0.1, 0.15) is 9.96 Å². The predicted molar refractivity (Wildman–Crippen MR) is 144 cm³/mol. The Kier molecular flexibility index (Phi) is 6.92. The van der Waals surface area contributed by atoms with Crippen molar-refractivity contribution in [3.63, 3.8) is 0 Å². The standard InChI is InChI=1S/C25H22ClN5O4S2/c1-35-20-7-3-6-19-23(20)24(30-37(33,34)22-9-8-21(26)36-22)29-31(19)15-17-5-2-4-16(12-17)13-28-25(32)18-10-11-27-14-18/h2-12,14,27H,13,15H2,1H3,(H,28,32)(H,29,30). The van der Waals surface area contributed by atoms with Gasteiger partial charge in [-0.25, -0.2) is 8.42 Å². The third-order valence-corrected chi connectivity index (χ3v) is 8.70. The Labute approximate surface area is 222 Å². The number of benzene rings is 2. The maximum Gasteiger partial charge on any atom is 0.272 e. The summed E-state index contributed by atoms with van der Waals surface area (Å²) in [5, 5.41) is 8.04. The molecule has 0 fully saturated rings. The molecule has 0 unspecified atom stereocenters. The molecule has 3 aromatic heterocycles. The number of hydrogen-bond donors (Lipinski definition) is 3. The van der Waals surface area contributed by atoms with E-state index in [0.717, 1.165) is 22.5 Å². The summed E-state index contributed by atoms with van der Waals surface area (Å²) in [4.78, 5) is 15.1. The lowest BCUT2D eigenvalue weighted by Gasteiger charge is -2.08. The number of fused-ring (bicyclic) bond motifs is 1. The molecule has 0 spiro atoms. The minimum atomic E-state index is -3.90. The Morgan fingerprint density at radius 2 is 1.95 bits per heavy atom. The van der Waals surface area contributed by atoms with Gasteiger partial charge in [0.25, 0.3) is 15.9 Å². The molecule has 9 nitrogen and oxygen atoms in total. The van der Waals surface area contributed by atoms with Gasteiger partial charge in [0.2, 0.25) is 0 Å². The maximum atomic E-state index is 13.0. The number of halogens is 1. The monoisotopic (exact) mass is 555 g/mol. The number of nitrogens with zero attached hydrogens (tertiary/aromatic N) is 2. The van der Waals surface area contributed by atoms with E-state index in [0.29, 0.717) is 39.6 Å². The Hall–Kier alpha value is -3.80. The summed E-state index contributed by atoms with van der Waals surface area (Å²) >= 11 is 6.91. The van der Waals surface area contributed by atoms with Crippen LogP contribution in [0.3, 0.4) is 0 Å². The van der Waals surface area contributed by atoms with E-state index in [1.165, 1.54) is 19.2 Å². The van der Waals surface area contributed by atoms with E-state index in [-0.39, 0.29) is 15.9 Å². The van der Waals surface area contributed by atoms with Crippen LogP contribution in [0, 0.1) is 0 Å². The summed E-state index contributed by atoms with van der Waals surface area (Å²) in [6.45, 7) is 0.732. The molecule has 0 saturated carbocycles. The van der Waals surface area contributed by atoms with Crippen LogP contribution in [0.5, 0.6) is 5.75 Å². The average molecular weight is 556 g/mol. The fourth-order valence-corrected chi connectivity index (χ4v) is 6.43. The molecule has 37 heavy (non-hydrogen) atoms. The second-order valence-electron chi connectivity index (χ2n) is 8.13. The number of aromatic amines is 1. The first-order valence-corrected chi connectivity index (χ1v) is 13.8. The van der Waals surface area contributed by atoms with Gasteiger partial charge in [0.15, 0.2) is 5.82 Å². The lowest BCUT2D eigenvalue weighted by atomic mass is 10.1. The van der Waals surface area contributed by atoms with Crippen LogP contribution < -0.4 is 14.8 Å². The molecule has 0 aliphatic carbocycles. The molecule has 0 aliphatic heterocycles. The summed E-state index contributed by atoms with van der Waals surface area (Å²) in [7, 11) is -2.38. The molecule has 0 saturated heterocycles. The SMILES string of the molecule is COc1cccc2c1c(NS(=O)(=O)c1ccc(Cl)s1)nn2Cc1cccc(CNC(=O)c2cc[nH]c2)c1. The van der Waals surface area contributed by atoms with Gasteiger partial charge in [-0.15, -0.1) is 11.3 Å². The quantitative estimate of drug-likeness (QED) is 0.240. The van der Waals surface area contributed by atoms with Crippen LogP contribution in [0.2, 0.25) is 4.34 Å². The van der Waals surface area contributed by atoms with E-state index >= 15 is 0 Å². The lowest BCUT2D eigenvalue weighted by molar-refractivity contribution is 0.0951. The molecule has 2 aromatic carbocycles. The van der Waals surface area contributed by atoms with Crippen LogP contribution >= 0.6 is 22.9 Å². The molecule has 3 heterocycles. The molecule has 5 rings (SSSR count). The van der Waals surface area contributed by atoms with E-state index in [4.69, 9.17) is 16.3 Å². The number of thiophene rings is 1. The number of carbonyl (C=O) groups is 1. The topological polar surface area (TPSA) is 118 Å². The predicted octanol–water partition coefficient (Wildman–Crippen LogP) is 4.87. The number of amides is 1. The zero-order chi connectivity index (χ0) is 26.0. The number of ether oxygens (including phenoxy) is 1. The second-order valence-corrected chi connectivity index (χ2v) is 11.8. The summed E-state index contributed by atoms with van der Waals surface area (Å²) in [6.07, 6.45) is 3.34. The Balaban J connectivity index is 1.43. The van der Waals surface area contributed by atoms with Crippen LogP contribution in [0.25, 0.3) is 10.9 Å². The highest BCUT2D eigenvalue weighted by molar-refractivity contribution is 7.94. The first kappa shape index (κ1) is 24.9. The van der Waals surface area contributed by atoms with E-state index in [1.807, 2.05) is 36.4 Å². The second kappa shape index (κ2) is 10.3. The van der Waals surface area contributed by atoms with Crippen LogP contribution in [-0.2, 0) is 23.1 Å². The highest BCUT2D eigenvalue weighted by Crippen LogP contribution is 2.35. The number of sulfonamides is 1. The van der Waals surface area contributed by atoms with Crippen molar-refractivity contribution < 1.29 is 17.9 Å². The van der Waals surface area contributed by atoms with Crippen LogP contribution in [0.1, 0.15) is 21.5 Å². The Morgan fingerprint density at radius 1 is 1.14 bits per heavy atom.